The van der Waals surface area contributed by atoms with Crippen LogP contribution >= 0.6 is 11.3 Å². The van der Waals surface area contributed by atoms with Gasteiger partial charge in [0.25, 0.3) is 0 Å². The Labute approximate surface area is 228 Å². The number of rotatable bonds is 8. The van der Waals surface area contributed by atoms with Gasteiger partial charge in [-0.3, -0.25) is 14.5 Å². The fourth-order valence-electron chi connectivity index (χ4n) is 4.76. The number of fused-ring (bicyclic) bond motifs is 1. The lowest BCUT2D eigenvalue weighted by Gasteiger charge is -2.18. The summed E-state index contributed by atoms with van der Waals surface area (Å²) in [6.45, 7) is 2.21. The number of benzene rings is 3. The fourth-order valence-corrected chi connectivity index (χ4v) is 6.05. The molecule has 8 heteroatoms. The number of nitrogen functional groups attached to an aromatic ring is 1. The van der Waals surface area contributed by atoms with Crippen molar-refractivity contribution in [3.63, 3.8) is 0 Å². The molecule has 0 amide bonds. The molecule has 5 rings (SSSR count). The highest BCUT2D eigenvalue weighted by molar-refractivity contribution is 7.22. The number of ketones is 1. The Morgan fingerprint density at radius 3 is 2.23 bits per heavy atom. The second kappa shape index (κ2) is 10.9. The first kappa shape index (κ1) is 26.5. The molecule has 39 heavy (non-hydrogen) atoms. The standard InChI is InChI=1S/C31H27F2N3O2S/c1-19(37)23-17-36(18-24-26(32)9-6-10-27(24)33)31-28(29(23)38)25(16-35(2)15-20-7-4-3-5-8-20)30(39-31)21-11-13-22(34)14-12-21/h3-14,17H,15-16,18,34H2,1-2H3. The highest BCUT2D eigenvalue weighted by Gasteiger charge is 2.24. The maximum atomic E-state index is 14.6. The molecule has 0 unspecified atom stereocenters. The molecule has 0 radical (unpaired) electrons. The maximum absolute atomic E-state index is 14.6. The molecule has 0 saturated heterocycles. The van der Waals surface area contributed by atoms with Gasteiger partial charge in [0.15, 0.2) is 5.78 Å². The maximum Gasteiger partial charge on any atom is 0.201 e. The number of carbonyl (C=O) groups is 1. The summed E-state index contributed by atoms with van der Waals surface area (Å²) >= 11 is 1.36. The number of pyridine rings is 1. The molecule has 0 saturated carbocycles. The Kier molecular flexibility index (Phi) is 7.41. The topological polar surface area (TPSA) is 68.3 Å². The molecular formula is C31H27F2N3O2S. The smallest absolute Gasteiger partial charge is 0.201 e. The third-order valence-corrected chi connectivity index (χ3v) is 7.99. The lowest BCUT2D eigenvalue weighted by atomic mass is 10.0. The van der Waals surface area contributed by atoms with E-state index in [1.807, 2.05) is 49.5 Å². The van der Waals surface area contributed by atoms with E-state index in [4.69, 9.17) is 5.73 Å². The highest BCUT2D eigenvalue weighted by Crippen LogP contribution is 2.39. The van der Waals surface area contributed by atoms with Crippen LogP contribution in [0.25, 0.3) is 20.7 Å². The minimum absolute atomic E-state index is 0.0205. The number of carbonyl (C=O) groups excluding carboxylic acids is 1. The Hall–Kier alpha value is -4.14. The molecule has 0 spiro atoms. The zero-order valence-electron chi connectivity index (χ0n) is 21.6. The second-order valence-electron chi connectivity index (χ2n) is 9.63. The van der Waals surface area contributed by atoms with Crippen molar-refractivity contribution >= 4 is 33.0 Å². The third kappa shape index (κ3) is 5.39. The van der Waals surface area contributed by atoms with Crippen LogP contribution in [0.5, 0.6) is 0 Å². The molecule has 3 aromatic carbocycles. The van der Waals surface area contributed by atoms with E-state index in [0.717, 1.165) is 21.6 Å². The van der Waals surface area contributed by atoms with E-state index < -0.39 is 17.4 Å². The normalized spacial score (nSPS) is 11.4. The van der Waals surface area contributed by atoms with Crippen molar-refractivity contribution in [1.82, 2.24) is 9.47 Å². The van der Waals surface area contributed by atoms with Crippen molar-refractivity contribution < 1.29 is 13.6 Å². The summed E-state index contributed by atoms with van der Waals surface area (Å²) in [5.74, 6) is -1.79. The summed E-state index contributed by atoms with van der Waals surface area (Å²) in [7, 11) is 1.96. The second-order valence-corrected chi connectivity index (χ2v) is 10.6. The molecule has 2 aromatic heterocycles. The van der Waals surface area contributed by atoms with Crippen LogP contribution in [0.2, 0.25) is 0 Å². The Morgan fingerprint density at radius 2 is 1.59 bits per heavy atom. The first-order chi connectivity index (χ1) is 18.7. The van der Waals surface area contributed by atoms with Crippen LogP contribution in [-0.2, 0) is 19.6 Å². The Morgan fingerprint density at radius 1 is 0.923 bits per heavy atom. The quantitative estimate of drug-likeness (QED) is 0.180. The number of hydrogen-bond acceptors (Lipinski definition) is 5. The number of anilines is 1. The van der Waals surface area contributed by atoms with Crippen molar-refractivity contribution in [2.45, 2.75) is 26.6 Å². The summed E-state index contributed by atoms with van der Waals surface area (Å²) in [5.41, 5.74) is 8.73. The van der Waals surface area contributed by atoms with Gasteiger partial charge in [-0.05, 0) is 54.9 Å². The van der Waals surface area contributed by atoms with Crippen molar-refractivity contribution in [1.29, 1.82) is 0 Å². The van der Waals surface area contributed by atoms with Crippen molar-refractivity contribution in [2.24, 2.45) is 0 Å². The first-order valence-corrected chi connectivity index (χ1v) is 13.3. The van der Waals surface area contributed by atoms with Gasteiger partial charge >= 0.3 is 0 Å². The summed E-state index contributed by atoms with van der Waals surface area (Å²) < 4.78 is 30.9. The highest BCUT2D eigenvalue weighted by atomic mass is 32.1. The summed E-state index contributed by atoms with van der Waals surface area (Å²) in [5, 5.41) is 0.385. The molecule has 0 aliphatic heterocycles. The largest absolute Gasteiger partial charge is 0.399 e. The molecule has 0 aliphatic rings. The number of thiophene rings is 1. The van der Waals surface area contributed by atoms with E-state index in [2.05, 4.69) is 4.90 Å². The average Bonchev–Trinajstić information content (AvgIpc) is 3.28. The zero-order chi connectivity index (χ0) is 27.7. The van der Waals surface area contributed by atoms with Crippen LogP contribution < -0.4 is 11.2 Å². The average molecular weight is 544 g/mol. The molecule has 198 valence electrons. The van der Waals surface area contributed by atoms with Gasteiger partial charge in [0.2, 0.25) is 5.43 Å². The van der Waals surface area contributed by atoms with E-state index >= 15 is 0 Å². The van der Waals surface area contributed by atoms with Crippen LogP contribution in [0, 0.1) is 11.6 Å². The predicted molar refractivity (Wildman–Crippen MR) is 153 cm³/mol. The van der Waals surface area contributed by atoms with Gasteiger partial charge in [-0.1, -0.05) is 48.5 Å². The van der Waals surface area contributed by atoms with Gasteiger partial charge in [-0.15, -0.1) is 11.3 Å². The molecule has 0 aliphatic carbocycles. The molecule has 2 N–H and O–H groups in total. The van der Waals surface area contributed by atoms with E-state index in [-0.39, 0.29) is 23.1 Å². The molecular weight excluding hydrogens is 516 g/mol. The lowest BCUT2D eigenvalue weighted by Crippen LogP contribution is -2.21. The van der Waals surface area contributed by atoms with E-state index in [0.29, 0.717) is 29.0 Å². The van der Waals surface area contributed by atoms with Crippen LogP contribution in [0.15, 0.2) is 83.8 Å². The molecule has 0 fully saturated rings. The minimum Gasteiger partial charge on any atom is -0.399 e. The van der Waals surface area contributed by atoms with Gasteiger partial charge in [0.05, 0.1) is 17.5 Å². The molecule has 5 aromatic rings. The number of halogens is 2. The number of hydrogen-bond donors (Lipinski definition) is 1. The van der Waals surface area contributed by atoms with E-state index in [1.165, 1.54) is 42.7 Å². The minimum atomic E-state index is -0.690. The molecule has 5 nitrogen and oxygen atoms in total. The fraction of sp³-hybridized carbons (Fsp3) is 0.161. The van der Waals surface area contributed by atoms with Crippen LogP contribution in [0.4, 0.5) is 14.5 Å². The number of aromatic nitrogens is 1. The van der Waals surface area contributed by atoms with Crippen molar-refractivity contribution in [3.8, 4) is 10.4 Å². The van der Waals surface area contributed by atoms with Gasteiger partial charge in [0, 0.05) is 35.4 Å². The zero-order valence-corrected chi connectivity index (χ0v) is 22.4. The predicted octanol–water partition coefficient (Wildman–Crippen LogP) is 6.47. The van der Waals surface area contributed by atoms with Gasteiger partial charge < -0.3 is 10.3 Å². The van der Waals surface area contributed by atoms with Crippen LogP contribution in [-0.4, -0.2) is 22.3 Å². The van der Waals surface area contributed by atoms with E-state index in [9.17, 15) is 18.4 Å². The summed E-state index contributed by atoms with van der Waals surface area (Å²) in [4.78, 5) is 29.8. The first-order valence-electron chi connectivity index (χ1n) is 12.4. The number of nitrogens with two attached hydrogens (primary N) is 1. The van der Waals surface area contributed by atoms with Crippen LogP contribution in [0.3, 0.4) is 0 Å². The molecule has 0 bridgehead atoms. The Bertz CT molecular complexity index is 1710. The Balaban J connectivity index is 1.73. The summed E-state index contributed by atoms with van der Waals surface area (Å²) in [6, 6.07) is 21.0. The summed E-state index contributed by atoms with van der Waals surface area (Å²) in [6.07, 6.45) is 1.42. The lowest BCUT2D eigenvalue weighted by molar-refractivity contribution is 0.101. The number of nitrogens with zero attached hydrogens (tertiary/aromatic N) is 2. The molecule has 0 atom stereocenters. The molecule has 2 heterocycles. The SMILES string of the molecule is CC(=O)c1cn(Cc2c(F)cccc2F)c2sc(-c3ccc(N)cc3)c(CN(C)Cc3ccccc3)c2c1=O. The van der Waals surface area contributed by atoms with Crippen molar-refractivity contribution in [2.75, 3.05) is 12.8 Å². The van der Waals surface area contributed by atoms with Crippen molar-refractivity contribution in [3.05, 3.63) is 123 Å². The van der Waals surface area contributed by atoms with E-state index in [1.54, 1.807) is 16.7 Å². The van der Waals surface area contributed by atoms with Gasteiger partial charge in [-0.25, -0.2) is 8.78 Å². The third-order valence-electron chi connectivity index (χ3n) is 6.67. The van der Waals surface area contributed by atoms with Crippen LogP contribution in [0.1, 0.15) is 34.0 Å². The monoisotopic (exact) mass is 543 g/mol. The number of Topliss-reactive ketones (excluding diaryl/α,β-unsaturated/α-hetero) is 1. The van der Waals surface area contributed by atoms with Gasteiger partial charge in [-0.2, -0.15) is 0 Å². The van der Waals surface area contributed by atoms with Gasteiger partial charge in [0.1, 0.15) is 16.5 Å².